The lowest BCUT2D eigenvalue weighted by Gasteiger charge is -2.10. The molecule has 1 aliphatic carbocycles. The minimum absolute atomic E-state index is 0. The SMILES string of the molecule is Cl.NC1CCC(C(=O)NCc2cccc(Br)c2)C1. The van der Waals surface area contributed by atoms with Crippen molar-refractivity contribution in [3.63, 3.8) is 0 Å². The van der Waals surface area contributed by atoms with Gasteiger partial charge in [0, 0.05) is 23.0 Å². The van der Waals surface area contributed by atoms with Crippen LogP contribution in [0.3, 0.4) is 0 Å². The lowest BCUT2D eigenvalue weighted by molar-refractivity contribution is -0.125. The van der Waals surface area contributed by atoms with Crippen LogP contribution in [0.2, 0.25) is 0 Å². The molecular formula is C13H18BrClN2O. The van der Waals surface area contributed by atoms with Gasteiger partial charge in [0.2, 0.25) is 5.91 Å². The fourth-order valence-corrected chi connectivity index (χ4v) is 2.68. The summed E-state index contributed by atoms with van der Waals surface area (Å²) in [5, 5.41) is 2.97. The van der Waals surface area contributed by atoms with Crippen molar-refractivity contribution in [2.24, 2.45) is 11.7 Å². The number of amides is 1. The minimum atomic E-state index is 0. The van der Waals surface area contributed by atoms with Crippen molar-refractivity contribution in [1.82, 2.24) is 5.32 Å². The number of hydrogen-bond acceptors (Lipinski definition) is 2. The van der Waals surface area contributed by atoms with Crippen molar-refractivity contribution in [1.29, 1.82) is 0 Å². The Morgan fingerprint density at radius 1 is 1.44 bits per heavy atom. The van der Waals surface area contributed by atoms with E-state index >= 15 is 0 Å². The Morgan fingerprint density at radius 2 is 2.22 bits per heavy atom. The second-order valence-corrected chi connectivity index (χ2v) is 5.53. The quantitative estimate of drug-likeness (QED) is 0.893. The summed E-state index contributed by atoms with van der Waals surface area (Å²) in [6.45, 7) is 0.587. The van der Waals surface area contributed by atoms with Gasteiger partial charge in [0.25, 0.3) is 0 Å². The van der Waals surface area contributed by atoms with Crippen molar-refractivity contribution in [3.05, 3.63) is 34.3 Å². The molecule has 3 N–H and O–H groups in total. The molecule has 0 spiro atoms. The number of carbonyl (C=O) groups excluding carboxylic acids is 1. The normalized spacial score (nSPS) is 22.3. The summed E-state index contributed by atoms with van der Waals surface area (Å²) in [6.07, 6.45) is 2.71. The van der Waals surface area contributed by atoms with Gasteiger partial charge in [-0.25, -0.2) is 0 Å². The van der Waals surface area contributed by atoms with E-state index in [1.54, 1.807) is 0 Å². The van der Waals surface area contributed by atoms with E-state index in [1.165, 1.54) is 0 Å². The van der Waals surface area contributed by atoms with Gasteiger partial charge in [-0.1, -0.05) is 28.1 Å². The molecule has 2 atom stereocenters. The van der Waals surface area contributed by atoms with Crippen molar-refractivity contribution in [2.45, 2.75) is 31.8 Å². The molecule has 0 bridgehead atoms. The van der Waals surface area contributed by atoms with E-state index in [2.05, 4.69) is 21.2 Å². The molecular weight excluding hydrogens is 316 g/mol. The van der Waals surface area contributed by atoms with Crippen LogP contribution in [0.4, 0.5) is 0 Å². The molecule has 2 unspecified atom stereocenters. The van der Waals surface area contributed by atoms with E-state index < -0.39 is 0 Å². The zero-order valence-corrected chi connectivity index (χ0v) is 12.5. The third-order valence-corrected chi connectivity index (χ3v) is 3.69. The Balaban J connectivity index is 0.00000162. The maximum Gasteiger partial charge on any atom is 0.223 e. The number of carbonyl (C=O) groups is 1. The number of hydrogen-bond donors (Lipinski definition) is 2. The first-order valence-electron chi connectivity index (χ1n) is 5.93. The summed E-state index contributed by atoms with van der Waals surface area (Å²) in [4.78, 5) is 11.9. The summed E-state index contributed by atoms with van der Waals surface area (Å²) in [7, 11) is 0. The molecule has 18 heavy (non-hydrogen) atoms. The Kier molecular flexibility index (Phi) is 6.12. The molecule has 5 heteroatoms. The van der Waals surface area contributed by atoms with E-state index in [1.807, 2.05) is 24.3 Å². The van der Waals surface area contributed by atoms with Gasteiger partial charge < -0.3 is 11.1 Å². The molecule has 0 heterocycles. The minimum Gasteiger partial charge on any atom is -0.352 e. The first-order chi connectivity index (χ1) is 8.15. The fraction of sp³-hybridized carbons (Fsp3) is 0.462. The highest BCUT2D eigenvalue weighted by atomic mass is 79.9. The van der Waals surface area contributed by atoms with Crippen LogP contribution >= 0.6 is 28.3 Å². The van der Waals surface area contributed by atoms with E-state index in [0.29, 0.717) is 6.54 Å². The third kappa shape index (κ3) is 4.26. The Hall–Kier alpha value is -0.580. The van der Waals surface area contributed by atoms with Crippen LogP contribution in [0.1, 0.15) is 24.8 Å². The third-order valence-electron chi connectivity index (χ3n) is 3.20. The van der Waals surface area contributed by atoms with Crippen molar-refractivity contribution < 1.29 is 4.79 Å². The van der Waals surface area contributed by atoms with Crippen LogP contribution in [-0.4, -0.2) is 11.9 Å². The molecule has 1 saturated carbocycles. The lowest BCUT2D eigenvalue weighted by Crippen LogP contribution is -2.29. The average molecular weight is 334 g/mol. The highest BCUT2D eigenvalue weighted by molar-refractivity contribution is 9.10. The molecule has 1 aromatic carbocycles. The average Bonchev–Trinajstić information content (AvgIpc) is 2.73. The zero-order chi connectivity index (χ0) is 12.3. The number of halogens is 2. The van der Waals surface area contributed by atoms with E-state index in [9.17, 15) is 4.79 Å². The van der Waals surface area contributed by atoms with Gasteiger partial charge in [0.15, 0.2) is 0 Å². The zero-order valence-electron chi connectivity index (χ0n) is 10.1. The Morgan fingerprint density at radius 3 is 2.83 bits per heavy atom. The fourth-order valence-electron chi connectivity index (χ4n) is 2.23. The van der Waals surface area contributed by atoms with Crippen LogP contribution in [-0.2, 0) is 11.3 Å². The largest absolute Gasteiger partial charge is 0.352 e. The van der Waals surface area contributed by atoms with Gasteiger partial charge in [0.05, 0.1) is 0 Å². The van der Waals surface area contributed by atoms with Crippen LogP contribution in [0.5, 0.6) is 0 Å². The highest BCUT2D eigenvalue weighted by Gasteiger charge is 2.27. The predicted octanol–water partition coefficient (Wildman–Crippen LogP) is 2.61. The van der Waals surface area contributed by atoms with Gasteiger partial charge in [-0.3, -0.25) is 4.79 Å². The Bertz CT molecular complexity index is 414. The van der Waals surface area contributed by atoms with Crippen LogP contribution in [0, 0.1) is 5.92 Å². The highest BCUT2D eigenvalue weighted by Crippen LogP contribution is 2.24. The van der Waals surface area contributed by atoms with Gasteiger partial charge >= 0.3 is 0 Å². The van der Waals surface area contributed by atoms with Gasteiger partial charge in [0.1, 0.15) is 0 Å². The summed E-state index contributed by atoms with van der Waals surface area (Å²) >= 11 is 3.41. The Labute approximate surface area is 122 Å². The van der Waals surface area contributed by atoms with Gasteiger partial charge in [-0.15, -0.1) is 12.4 Å². The summed E-state index contributed by atoms with van der Waals surface area (Å²) in [6, 6.07) is 8.17. The van der Waals surface area contributed by atoms with E-state index in [4.69, 9.17) is 5.73 Å². The maximum absolute atomic E-state index is 11.9. The molecule has 1 aliphatic rings. The molecule has 0 saturated heterocycles. The summed E-state index contributed by atoms with van der Waals surface area (Å²) in [5.41, 5.74) is 6.91. The monoisotopic (exact) mass is 332 g/mol. The smallest absolute Gasteiger partial charge is 0.223 e. The summed E-state index contributed by atoms with van der Waals surface area (Å²) in [5.74, 6) is 0.245. The van der Waals surface area contributed by atoms with Crippen LogP contribution in [0.25, 0.3) is 0 Å². The van der Waals surface area contributed by atoms with Crippen LogP contribution < -0.4 is 11.1 Å². The van der Waals surface area contributed by atoms with Gasteiger partial charge in [-0.2, -0.15) is 0 Å². The molecule has 1 amide bonds. The van der Waals surface area contributed by atoms with Crippen molar-refractivity contribution >= 4 is 34.2 Å². The van der Waals surface area contributed by atoms with Gasteiger partial charge in [-0.05, 0) is 37.0 Å². The second kappa shape index (κ2) is 7.12. The first kappa shape index (κ1) is 15.5. The van der Waals surface area contributed by atoms with Crippen LogP contribution in [0.15, 0.2) is 28.7 Å². The topological polar surface area (TPSA) is 55.1 Å². The van der Waals surface area contributed by atoms with E-state index in [0.717, 1.165) is 29.3 Å². The molecule has 0 aliphatic heterocycles. The second-order valence-electron chi connectivity index (χ2n) is 4.62. The number of nitrogens with one attached hydrogen (secondary N) is 1. The molecule has 1 aromatic rings. The predicted molar refractivity (Wildman–Crippen MR) is 78.6 cm³/mol. The lowest BCUT2D eigenvalue weighted by atomic mass is 10.1. The molecule has 100 valence electrons. The maximum atomic E-state index is 11.9. The number of nitrogens with two attached hydrogens (primary N) is 1. The molecule has 0 aromatic heterocycles. The van der Waals surface area contributed by atoms with Crippen molar-refractivity contribution in [2.75, 3.05) is 0 Å². The molecule has 1 fully saturated rings. The number of benzene rings is 1. The number of rotatable bonds is 3. The van der Waals surface area contributed by atoms with E-state index in [-0.39, 0.29) is 30.3 Å². The summed E-state index contributed by atoms with van der Waals surface area (Å²) < 4.78 is 1.03. The standard InChI is InChI=1S/C13H17BrN2O.ClH/c14-11-3-1-2-9(6-11)8-16-13(17)10-4-5-12(15)7-10;/h1-3,6,10,12H,4-5,7-8,15H2,(H,16,17);1H. The molecule has 2 rings (SSSR count). The molecule has 3 nitrogen and oxygen atoms in total. The molecule has 0 radical (unpaired) electrons. The first-order valence-corrected chi connectivity index (χ1v) is 6.72. The van der Waals surface area contributed by atoms with Crippen molar-refractivity contribution in [3.8, 4) is 0 Å².